The summed E-state index contributed by atoms with van der Waals surface area (Å²) < 4.78 is 5.47. The third-order valence-electron chi connectivity index (χ3n) is 4.71. The summed E-state index contributed by atoms with van der Waals surface area (Å²) in [6.45, 7) is 3.23. The van der Waals surface area contributed by atoms with Gasteiger partial charge in [0.2, 0.25) is 12.0 Å². The van der Waals surface area contributed by atoms with Crippen molar-refractivity contribution in [1.29, 1.82) is 0 Å². The van der Waals surface area contributed by atoms with Gasteiger partial charge in [0.1, 0.15) is 0 Å². The van der Waals surface area contributed by atoms with Crippen LogP contribution in [-0.4, -0.2) is 61.4 Å². The Balaban J connectivity index is 1.47. The van der Waals surface area contributed by atoms with Crippen molar-refractivity contribution in [3.05, 3.63) is 35.4 Å². The molecule has 1 aromatic rings. The Morgan fingerprint density at radius 2 is 2.15 bits per heavy atom. The van der Waals surface area contributed by atoms with E-state index < -0.39 is 6.10 Å². The normalized spacial score (nSPS) is 21.8. The van der Waals surface area contributed by atoms with Gasteiger partial charge in [-0.2, -0.15) is 0 Å². The maximum absolute atomic E-state index is 12.5. The molecule has 0 saturated carbocycles. The second-order valence-corrected chi connectivity index (χ2v) is 6.78. The molecule has 0 spiro atoms. The number of ether oxygens (including phenoxy) is 1. The second kappa shape index (κ2) is 8.31. The topological polar surface area (TPSA) is 80.2 Å². The number of benzene rings is 1. The first kappa shape index (κ1) is 18.4. The number of oxime groups is 1. The Morgan fingerprint density at radius 3 is 2.88 bits per heavy atom. The zero-order valence-electron chi connectivity index (χ0n) is 15.2. The Hall–Kier alpha value is -2.41. The summed E-state index contributed by atoms with van der Waals surface area (Å²) in [5.74, 6) is -0.445. The van der Waals surface area contributed by atoms with Crippen molar-refractivity contribution in [1.82, 2.24) is 10.2 Å². The molecule has 2 aliphatic rings. The molecule has 1 fully saturated rings. The van der Waals surface area contributed by atoms with E-state index in [1.165, 1.54) is 4.90 Å². The van der Waals surface area contributed by atoms with Crippen LogP contribution in [0.15, 0.2) is 29.4 Å². The van der Waals surface area contributed by atoms with Gasteiger partial charge < -0.3 is 19.8 Å². The lowest BCUT2D eigenvalue weighted by Crippen LogP contribution is -2.44. The highest BCUT2D eigenvalue weighted by atomic mass is 16.6. The Labute approximate surface area is 153 Å². The monoisotopic (exact) mass is 359 g/mol. The number of amides is 2. The number of aryl methyl sites for hydroxylation is 1. The smallest absolute Gasteiger partial charge is 0.267 e. The van der Waals surface area contributed by atoms with Crippen LogP contribution >= 0.6 is 0 Å². The van der Waals surface area contributed by atoms with E-state index in [-0.39, 0.29) is 24.5 Å². The van der Waals surface area contributed by atoms with Crippen LogP contribution in [-0.2, 0) is 19.2 Å². The molecule has 1 aromatic carbocycles. The molecule has 140 valence electrons. The first-order valence-electron chi connectivity index (χ1n) is 8.96. The highest BCUT2D eigenvalue weighted by Gasteiger charge is 2.32. The van der Waals surface area contributed by atoms with E-state index in [1.807, 2.05) is 31.2 Å². The highest BCUT2D eigenvalue weighted by molar-refractivity contribution is 6.05. The van der Waals surface area contributed by atoms with Gasteiger partial charge in [-0.1, -0.05) is 29.4 Å². The summed E-state index contributed by atoms with van der Waals surface area (Å²) in [6.07, 6.45) is 1.81. The summed E-state index contributed by atoms with van der Waals surface area (Å²) in [5, 5.41) is 6.89. The largest absolute Gasteiger partial charge is 0.382 e. The molecule has 26 heavy (non-hydrogen) atoms. The molecular formula is C19H25N3O4. The zero-order valence-corrected chi connectivity index (χ0v) is 15.2. The number of likely N-dealkylation sites (N-methyl/N-ethyl adjacent to an activating group) is 1. The molecular weight excluding hydrogens is 334 g/mol. The van der Waals surface area contributed by atoms with Gasteiger partial charge in [-0.3, -0.25) is 9.59 Å². The summed E-state index contributed by atoms with van der Waals surface area (Å²) >= 11 is 0. The molecule has 2 aliphatic heterocycles. The van der Waals surface area contributed by atoms with E-state index in [0.29, 0.717) is 13.0 Å². The molecule has 0 aliphatic carbocycles. The minimum atomic E-state index is -0.680. The Morgan fingerprint density at radius 1 is 1.35 bits per heavy atom. The molecule has 2 unspecified atom stereocenters. The standard InChI is InChI=1S/C19H25N3O4/c1-13-6-3-4-8-15(13)16-10-17(26-21-16)19(24)22(2)12-18(23)20-11-14-7-5-9-25-14/h3-4,6,8,14,17H,5,7,9-12H2,1-2H3,(H,20,23). The number of hydrogen-bond acceptors (Lipinski definition) is 5. The predicted octanol–water partition coefficient (Wildman–Crippen LogP) is 1.24. The maximum Gasteiger partial charge on any atom is 0.267 e. The number of nitrogens with zero attached hydrogens (tertiary/aromatic N) is 2. The highest BCUT2D eigenvalue weighted by Crippen LogP contribution is 2.20. The van der Waals surface area contributed by atoms with Gasteiger partial charge >= 0.3 is 0 Å². The minimum Gasteiger partial charge on any atom is -0.382 e. The van der Waals surface area contributed by atoms with E-state index in [4.69, 9.17) is 9.57 Å². The third kappa shape index (κ3) is 4.40. The van der Waals surface area contributed by atoms with E-state index in [9.17, 15) is 9.59 Å². The average Bonchev–Trinajstić information content (AvgIpc) is 3.31. The van der Waals surface area contributed by atoms with Crippen molar-refractivity contribution in [3.8, 4) is 0 Å². The van der Waals surface area contributed by atoms with Crippen LogP contribution in [0.3, 0.4) is 0 Å². The van der Waals surface area contributed by atoms with Crippen LogP contribution in [0.5, 0.6) is 0 Å². The Kier molecular flexibility index (Phi) is 5.88. The fourth-order valence-corrected chi connectivity index (χ4v) is 3.19. The fourth-order valence-electron chi connectivity index (χ4n) is 3.19. The molecule has 2 amide bonds. The molecule has 1 saturated heterocycles. The second-order valence-electron chi connectivity index (χ2n) is 6.78. The molecule has 0 bridgehead atoms. The quantitative estimate of drug-likeness (QED) is 0.829. The number of hydrogen-bond donors (Lipinski definition) is 1. The summed E-state index contributed by atoms with van der Waals surface area (Å²) in [4.78, 5) is 31.3. The molecule has 1 N–H and O–H groups in total. The lowest BCUT2D eigenvalue weighted by atomic mass is 10.00. The van der Waals surface area contributed by atoms with Crippen molar-refractivity contribution >= 4 is 17.5 Å². The molecule has 2 atom stereocenters. The van der Waals surface area contributed by atoms with Gasteiger partial charge in [-0.25, -0.2) is 0 Å². The first-order valence-corrected chi connectivity index (χ1v) is 8.96. The first-order chi connectivity index (χ1) is 12.5. The molecule has 0 radical (unpaired) electrons. The third-order valence-corrected chi connectivity index (χ3v) is 4.71. The van der Waals surface area contributed by atoms with Crippen molar-refractivity contribution < 1.29 is 19.2 Å². The molecule has 3 rings (SSSR count). The summed E-state index contributed by atoms with van der Waals surface area (Å²) in [5.41, 5.74) is 2.84. The van der Waals surface area contributed by atoms with Gasteiger partial charge in [0.15, 0.2) is 0 Å². The Bertz CT molecular complexity index is 698. The van der Waals surface area contributed by atoms with Crippen molar-refractivity contribution in [2.45, 2.75) is 38.4 Å². The van der Waals surface area contributed by atoms with Gasteiger partial charge in [-0.15, -0.1) is 0 Å². The minimum absolute atomic E-state index is 0.00882. The number of carbonyl (C=O) groups is 2. The van der Waals surface area contributed by atoms with Gasteiger partial charge in [0, 0.05) is 32.2 Å². The van der Waals surface area contributed by atoms with Crippen molar-refractivity contribution in [2.24, 2.45) is 5.16 Å². The molecule has 7 heteroatoms. The zero-order chi connectivity index (χ0) is 18.5. The summed E-state index contributed by atoms with van der Waals surface area (Å²) in [7, 11) is 1.60. The SMILES string of the molecule is Cc1ccccc1C1=NOC(C(=O)N(C)CC(=O)NCC2CCCO2)C1. The van der Waals surface area contributed by atoms with Crippen LogP contribution in [0.1, 0.15) is 30.4 Å². The van der Waals surface area contributed by atoms with Gasteiger partial charge in [0.05, 0.1) is 18.4 Å². The number of nitrogens with one attached hydrogen (secondary N) is 1. The average molecular weight is 359 g/mol. The summed E-state index contributed by atoms with van der Waals surface area (Å²) in [6, 6.07) is 7.86. The van der Waals surface area contributed by atoms with Crippen molar-refractivity contribution in [2.75, 3.05) is 26.7 Å². The van der Waals surface area contributed by atoms with E-state index >= 15 is 0 Å². The van der Waals surface area contributed by atoms with Gasteiger partial charge in [0.25, 0.3) is 5.91 Å². The molecule has 7 nitrogen and oxygen atoms in total. The van der Waals surface area contributed by atoms with Crippen LogP contribution in [0.2, 0.25) is 0 Å². The molecule has 0 aromatic heterocycles. The maximum atomic E-state index is 12.5. The predicted molar refractivity (Wildman–Crippen MR) is 96.8 cm³/mol. The van der Waals surface area contributed by atoms with Crippen LogP contribution in [0.4, 0.5) is 0 Å². The van der Waals surface area contributed by atoms with E-state index in [0.717, 1.165) is 36.3 Å². The fraction of sp³-hybridized carbons (Fsp3) is 0.526. The van der Waals surface area contributed by atoms with Crippen molar-refractivity contribution in [3.63, 3.8) is 0 Å². The van der Waals surface area contributed by atoms with Gasteiger partial charge in [-0.05, 0) is 25.3 Å². The van der Waals surface area contributed by atoms with Crippen LogP contribution in [0.25, 0.3) is 0 Å². The lowest BCUT2D eigenvalue weighted by molar-refractivity contribution is -0.143. The van der Waals surface area contributed by atoms with Crippen LogP contribution in [0, 0.1) is 6.92 Å². The van der Waals surface area contributed by atoms with E-state index in [2.05, 4.69) is 10.5 Å². The number of rotatable bonds is 6. The number of carbonyl (C=O) groups excluding carboxylic acids is 2. The van der Waals surface area contributed by atoms with E-state index in [1.54, 1.807) is 7.05 Å². The molecule has 2 heterocycles. The lowest BCUT2D eigenvalue weighted by Gasteiger charge is -2.20. The van der Waals surface area contributed by atoms with Crippen LogP contribution < -0.4 is 5.32 Å².